The summed E-state index contributed by atoms with van der Waals surface area (Å²) < 4.78 is 5.18. The van der Waals surface area contributed by atoms with Crippen LogP contribution in [0.4, 0.5) is 0 Å². The van der Waals surface area contributed by atoms with Gasteiger partial charge in [-0.3, -0.25) is 0 Å². The lowest BCUT2D eigenvalue weighted by atomic mass is 10.0. The standard InChI is InChI=1S/C14H16O3/c1-10(5-4-6-14(15)16)12-7-8-13(17-3)11(2)9-12/h4-9H,1-3H3,(H,15,16)/b6-4+,10-5+. The van der Waals surface area contributed by atoms with E-state index in [-0.39, 0.29) is 0 Å². The Morgan fingerprint density at radius 2 is 2.12 bits per heavy atom. The van der Waals surface area contributed by atoms with Gasteiger partial charge in [0.25, 0.3) is 0 Å². The molecule has 0 aliphatic rings. The molecule has 0 heterocycles. The first kappa shape index (κ1) is 13.0. The second-order valence-electron chi connectivity index (χ2n) is 3.73. The highest BCUT2D eigenvalue weighted by atomic mass is 16.5. The van der Waals surface area contributed by atoms with Crippen molar-refractivity contribution >= 4 is 11.5 Å². The van der Waals surface area contributed by atoms with Gasteiger partial charge in [-0.15, -0.1) is 0 Å². The Bertz CT molecular complexity index is 470. The third kappa shape index (κ3) is 3.79. The Morgan fingerprint density at radius 3 is 2.65 bits per heavy atom. The van der Waals surface area contributed by atoms with Gasteiger partial charge < -0.3 is 9.84 Å². The maximum Gasteiger partial charge on any atom is 0.328 e. The lowest BCUT2D eigenvalue weighted by Gasteiger charge is -2.07. The molecule has 0 aliphatic carbocycles. The number of allylic oxidation sites excluding steroid dienone is 3. The Morgan fingerprint density at radius 1 is 1.41 bits per heavy atom. The Labute approximate surface area is 101 Å². The van der Waals surface area contributed by atoms with Gasteiger partial charge in [0.05, 0.1) is 7.11 Å². The number of aryl methyl sites for hydroxylation is 1. The fraction of sp³-hybridized carbons (Fsp3) is 0.214. The zero-order valence-electron chi connectivity index (χ0n) is 10.2. The third-order valence-corrected chi connectivity index (χ3v) is 2.44. The number of ether oxygens (including phenoxy) is 1. The number of hydrogen-bond donors (Lipinski definition) is 1. The van der Waals surface area contributed by atoms with E-state index >= 15 is 0 Å². The summed E-state index contributed by atoms with van der Waals surface area (Å²) in [5.41, 5.74) is 3.12. The van der Waals surface area contributed by atoms with E-state index in [1.165, 1.54) is 6.08 Å². The molecule has 0 radical (unpaired) electrons. The molecule has 0 amide bonds. The second kappa shape index (κ2) is 5.89. The molecule has 0 atom stereocenters. The van der Waals surface area contributed by atoms with Crippen LogP contribution in [0.5, 0.6) is 5.75 Å². The van der Waals surface area contributed by atoms with Crippen molar-refractivity contribution in [2.75, 3.05) is 7.11 Å². The quantitative estimate of drug-likeness (QED) is 0.641. The van der Waals surface area contributed by atoms with Gasteiger partial charge in [-0.1, -0.05) is 18.2 Å². The van der Waals surface area contributed by atoms with Gasteiger partial charge in [0.2, 0.25) is 0 Å². The van der Waals surface area contributed by atoms with Crippen LogP contribution < -0.4 is 4.74 Å². The SMILES string of the molecule is COc1ccc(/C(C)=C/C=C/C(=O)O)cc1C. The summed E-state index contributed by atoms with van der Waals surface area (Å²) in [5.74, 6) is -0.0948. The Hall–Kier alpha value is -2.03. The molecule has 0 saturated carbocycles. The summed E-state index contributed by atoms with van der Waals surface area (Å²) >= 11 is 0. The van der Waals surface area contributed by atoms with Crippen LogP contribution in [-0.2, 0) is 4.79 Å². The van der Waals surface area contributed by atoms with Crippen molar-refractivity contribution in [2.24, 2.45) is 0 Å². The molecule has 0 fully saturated rings. The van der Waals surface area contributed by atoms with Crippen LogP contribution in [-0.4, -0.2) is 18.2 Å². The van der Waals surface area contributed by atoms with Gasteiger partial charge >= 0.3 is 5.97 Å². The van der Waals surface area contributed by atoms with Crippen LogP contribution in [0.1, 0.15) is 18.1 Å². The van der Waals surface area contributed by atoms with Crippen molar-refractivity contribution in [3.05, 3.63) is 47.6 Å². The molecule has 3 heteroatoms. The molecule has 0 spiro atoms. The molecule has 1 rings (SSSR count). The summed E-state index contributed by atoms with van der Waals surface area (Å²) in [6, 6.07) is 5.87. The van der Waals surface area contributed by atoms with E-state index in [0.29, 0.717) is 0 Å². The lowest BCUT2D eigenvalue weighted by Crippen LogP contribution is -1.89. The van der Waals surface area contributed by atoms with Gasteiger partial charge in [-0.25, -0.2) is 4.79 Å². The molecule has 0 unspecified atom stereocenters. The summed E-state index contributed by atoms with van der Waals surface area (Å²) in [7, 11) is 1.64. The lowest BCUT2D eigenvalue weighted by molar-refractivity contribution is -0.131. The molecule has 90 valence electrons. The zero-order valence-corrected chi connectivity index (χ0v) is 10.2. The minimum absolute atomic E-state index is 0.850. The topological polar surface area (TPSA) is 46.5 Å². The Balaban J connectivity index is 2.93. The van der Waals surface area contributed by atoms with E-state index < -0.39 is 5.97 Å². The van der Waals surface area contributed by atoms with Crippen molar-refractivity contribution in [1.29, 1.82) is 0 Å². The average molecular weight is 232 g/mol. The summed E-state index contributed by atoms with van der Waals surface area (Å²) in [6.45, 7) is 3.91. The first-order chi connectivity index (χ1) is 8.04. The summed E-state index contributed by atoms with van der Waals surface area (Å²) in [4.78, 5) is 10.3. The number of carboxylic acids is 1. The van der Waals surface area contributed by atoms with E-state index in [1.807, 2.05) is 32.0 Å². The highest BCUT2D eigenvalue weighted by molar-refractivity contribution is 5.80. The van der Waals surface area contributed by atoms with Gasteiger partial charge in [-0.2, -0.15) is 0 Å². The van der Waals surface area contributed by atoms with E-state index in [2.05, 4.69) is 0 Å². The average Bonchev–Trinajstić information content (AvgIpc) is 2.28. The molecule has 3 nitrogen and oxygen atoms in total. The third-order valence-electron chi connectivity index (χ3n) is 2.44. The first-order valence-electron chi connectivity index (χ1n) is 5.27. The number of hydrogen-bond acceptors (Lipinski definition) is 2. The van der Waals surface area contributed by atoms with Crippen molar-refractivity contribution in [1.82, 2.24) is 0 Å². The van der Waals surface area contributed by atoms with Gasteiger partial charge in [0.1, 0.15) is 5.75 Å². The first-order valence-corrected chi connectivity index (χ1v) is 5.27. The van der Waals surface area contributed by atoms with E-state index in [1.54, 1.807) is 13.2 Å². The van der Waals surface area contributed by atoms with Crippen LogP contribution in [0, 0.1) is 6.92 Å². The Kier molecular flexibility index (Phi) is 4.52. The molecule has 1 aromatic rings. The molecule has 1 N–H and O–H groups in total. The van der Waals surface area contributed by atoms with Crippen LogP contribution in [0.2, 0.25) is 0 Å². The van der Waals surface area contributed by atoms with E-state index in [9.17, 15) is 4.79 Å². The molecule has 0 saturated heterocycles. The van der Waals surface area contributed by atoms with E-state index in [0.717, 1.165) is 28.5 Å². The minimum Gasteiger partial charge on any atom is -0.496 e. The molecule has 17 heavy (non-hydrogen) atoms. The number of methoxy groups -OCH3 is 1. The molecule has 1 aromatic carbocycles. The van der Waals surface area contributed by atoms with Crippen LogP contribution >= 0.6 is 0 Å². The fourth-order valence-corrected chi connectivity index (χ4v) is 1.49. The van der Waals surface area contributed by atoms with Crippen molar-refractivity contribution in [3.63, 3.8) is 0 Å². The summed E-state index contributed by atoms with van der Waals surface area (Å²) in [5, 5.41) is 8.48. The normalized spacial score (nSPS) is 11.8. The molecule has 0 bridgehead atoms. The highest BCUT2D eigenvalue weighted by Crippen LogP contribution is 2.22. The molecular weight excluding hydrogens is 216 g/mol. The predicted octanol–water partition coefficient (Wildman–Crippen LogP) is 3.05. The number of rotatable bonds is 4. The van der Waals surface area contributed by atoms with Gasteiger partial charge in [0.15, 0.2) is 0 Å². The second-order valence-corrected chi connectivity index (χ2v) is 3.73. The van der Waals surface area contributed by atoms with Gasteiger partial charge in [-0.05, 0) is 42.7 Å². The maximum absolute atomic E-state index is 10.3. The fourth-order valence-electron chi connectivity index (χ4n) is 1.49. The minimum atomic E-state index is -0.944. The zero-order chi connectivity index (χ0) is 12.8. The largest absolute Gasteiger partial charge is 0.496 e. The van der Waals surface area contributed by atoms with Crippen LogP contribution in [0.25, 0.3) is 5.57 Å². The van der Waals surface area contributed by atoms with Crippen molar-refractivity contribution in [2.45, 2.75) is 13.8 Å². The number of carboxylic acid groups (broad SMARTS) is 1. The molecule has 0 aliphatic heterocycles. The van der Waals surface area contributed by atoms with E-state index in [4.69, 9.17) is 9.84 Å². The van der Waals surface area contributed by atoms with Gasteiger partial charge in [0, 0.05) is 6.08 Å². The van der Waals surface area contributed by atoms with Crippen molar-refractivity contribution < 1.29 is 14.6 Å². The monoisotopic (exact) mass is 232 g/mol. The summed E-state index contributed by atoms with van der Waals surface area (Å²) in [6.07, 6.45) is 4.41. The predicted molar refractivity (Wildman–Crippen MR) is 68.2 cm³/mol. The number of aliphatic carboxylic acids is 1. The molecule has 0 aromatic heterocycles. The van der Waals surface area contributed by atoms with Crippen LogP contribution in [0.3, 0.4) is 0 Å². The molecular formula is C14H16O3. The highest BCUT2D eigenvalue weighted by Gasteiger charge is 2.00. The number of carbonyl (C=O) groups is 1. The van der Waals surface area contributed by atoms with Crippen LogP contribution in [0.15, 0.2) is 36.4 Å². The smallest absolute Gasteiger partial charge is 0.328 e. The van der Waals surface area contributed by atoms with Crippen molar-refractivity contribution in [3.8, 4) is 5.75 Å². The maximum atomic E-state index is 10.3. The number of benzene rings is 1.